The Morgan fingerprint density at radius 3 is 2.58 bits per heavy atom. The van der Waals surface area contributed by atoms with E-state index < -0.39 is 0 Å². The normalized spacial score (nSPS) is 10.8. The van der Waals surface area contributed by atoms with Crippen molar-refractivity contribution in [1.82, 2.24) is 10.2 Å². The molecule has 0 aliphatic rings. The lowest BCUT2D eigenvalue weighted by Gasteiger charge is -2.04. The Kier molecular flexibility index (Phi) is 4.61. The quantitative estimate of drug-likeness (QED) is 0.384. The van der Waals surface area contributed by atoms with E-state index in [0.717, 1.165) is 16.7 Å². The van der Waals surface area contributed by atoms with Gasteiger partial charge in [-0.2, -0.15) is 0 Å². The van der Waals surface area contributed by atoms with Crippen LogP contribution < -0.4 is 0 Å². The molecule has 7 heteroatoms. The van der Waals surface area contributed by atoms with Gasteiger partial charge in [0.15, 0.2) is 0 Å². The summed E-state index contributed by atoms with van der Waals surface area (Å²) in [7, 11) is 0. The predicted molar refractivity (Wildman–Crippen MR) is 91.9 cm³/mol. The van der Waals surface area contributed by atoms with Crippen molar-refractivity contribution < 1.29 is 9.34 Å². The van der Waals surface area contributed by atoms with Crippen molar-refractivity contribution in [2.24, 2.45) is 0 Å². The van der Waals surface area contributed by atoms with Gasteiger partial charge < -0.3 is 4.42 Å². The number of thioether (sulfide) groups is 1. The fourth-order valence-corrected chi connectivity index (χ4v) is 3.07. The fraction of sp³-hybridized carbons (Fsp3) is 0.176. The maximum absolute atomic E-state index is 11.0. The summed E-state index contributed by atoms with van der Waals surface area (Å²) in [4.78, 5) is 10.6. The van der Waals surface area contributed by atoms with Crippen molar-refractivity contribution in [2.75, 3.05) is 0 Å². The minimum atomic E-state index is -0.369. The molecule has 0 aliphatic carbocycles. The van der Waals surface area contributed by atoms with Gasteiger partial charge in [-0.1, -0.05) is 41.6 Å². The Morgan fingerprint density at radius 1 is 1.12 bits per heavy atom. The van der Waals surface area contributed by atoms with Crippen molar-refractivity contribution in [2.45, 2.75) is 24.8 Å². The van der Waals surface area contributed by atoms with Gasteiger partial charge >= 0.3 is 0 Å². The summed E-state index contributed by atoms with van der Waals surface area (Å²) in [5.41, 5.74) is 3.69. The van der Waals surface area contributed by atoms with Crippen LogP contribution in [0.15, 0.2) is 52.1 Å². The number of aryl methyl sites for hydroxylation is 1. The minimum Gasteiger partial charge on any atom is -0.411 e. The maximum atomic E-state index is 11.0. The zero-order valence-corrected chi connectivity index (χ0v) is 14.0. The average Bonchev–Trinajstić information content (AvgIpc) is 3.03. The van der Waals surface area contributed by atoms with Crippen LogP contribution in [0.5, 0.6) is 0 Å². The SMILES string of the molecule is Cc1ccc(-c2nnc(SCc3cccc([N+](=O)[O-])c3C)o2)cc1. The average molecular weight is 341 g/mol. The molecule has 0 saturated carbocycles. The van der Waals surface area contributed by atoms with Gasteiger partial charge in [-0.25, -0.2) is 0 Å². The summed E-state index contributed by atoms with van der Waals surface area (Å²) in [6.07, 6.45) is 0. The highest BCUT2D eigenvalue weighted by Gasteiger charge is 2.15. The molecule has 2 aromatic carbocycles. The van der Waals surface area contributed by atoms with E-state index in [9.17, 15) is 10.1 Å². The molecule has 1 aromatic heterocycles. The molecule has 0 atom stereocenters. The largest absolute Gasteiger partial charge is 0.411 e. The zero-order chi connectivity index (χ0) is 17.1. The monoisotopic (exact) mass is 341 g/mol. The van der Waals surface area contributed by atoms with Crippen LogP contribution in [0, 0.1) is 24.0 Å². The molecule has 0 radical (unpaired) electrons. The Morgan fingerprint density at radius 2 is 1.88 bits per heavy atom. The third-order valence-electron chi connectivity index (χ3n) is 3.67. The molecular weight excluding hydrogens is 326 g/mol. The van der Waals surface area contributed by atoms with E-state index >= 15 is 0 Å². The smallest absolute Gasteiger partial charge is 0.277 e. The molecule has 0 amide bonds. The summed E-state index contributed by atoms with van der Waals surface area (Å²) in [6, 6.07) is 12.9. The number of benzene rings is 2. The summed E-state index contributed by atoms with van der Waals surface area (Å²) >= 11 is 1.36. The third-order valence-corrected chi connectivity index (χ3v) is 4.54. The van der Waals surface area contributed by atoms with Crippen molar-refractivity contribution in [3.05, 3.63) is 69.3 Å². The second-order valence-corrected chi connectivity index (χ2v) is 6.27. The van der Waals surface area contributed by atoms with Gasteiger partial charge in [-0.15, -0.1) is 10.2 Å². The first-order valence-electron chi connectivity index (χ1n) is 7.31. The molecule has 1 heterocycles. The molecule has 3 aromatic rings. The van der Waals surface area contributed by atoms with Gasteiger partial charge in [0, 0.05) is 22.9 Å². The topological polar surface area (TPSA) is 82.1 Å². The van der Waals surface area contributed by atoms with Gasteiger partial charge in [-0.3, -0.25) is 10.1 Å². The molecule has 0 N–H and O–H groups in total. The van der Waals surface area contributed by atoms with Gasteiger partial charge in [0.05, 0.1) is 4.92 Å². The van der Waals surface area contributed by atoms with Crippen LogP contribution in [-0.2, 0) is 5.75 Å². The van der Waals surface area contributed by atoms with Crippen LogP contribution >= 0.6 is 11.8 Å². The Hall–Kier alpha value is -2.67. The second kappa shape index (κ2) is 6.84. The van der Waals surface area contributed by atoms with E-state index in [4.69, 9.17) is 4.42 Å². The number of hydrogen-bond donors (Lipinski definition) is 0. The van der Waals surface area contributed by atoms with Crippen LogP contribution in [0.1, 0.15) is 16.7 Å². The molecule has 24 heavy (non-hydrogen) atoms. The van der Waals surface area contributed by atoms with Gasteiger partial charge in [-0.05, 0) is 31.5 Å². The molecule has 0 saturated heterocycles. The third kappa shape index (κ3) is 3.46. The van der Waals surface area contributed by atoms with E-state index in [1.54, 1.807) is 13.0 Å². The molecule has 0 spiro atoms. The lowest BCUT2D eigenvalue weighted by molar-refractivity contribution is -0.385. The number of aromatic nitrogens is 2. The highest BCUT2D eigenvalue weighted by Crippen LogP contribution is 2.29. The highest BCUT2D eigenvalue weighted by atomic mass is 32.2. The van der Waals surface area contributed by atoms with Crippen LogP contribution in [0.25, 0.3) is 11.5 Å². The molecule has 3 rings (SSSR count). The molecule has 122 valence electrons. The molecule has 6 nitrogen and oxygen atoms in total. The van der Waals surface area contributed by atoms with Crippen molar-refractivity contribution in [1.29, 1.82) is 0 Å². The highest BCUT2D eigenvalue weighted by molar-refractivity contribution is 7.98. The van der Waals surface area contributed by atoms with Crippen molar-refractivity contribution >= 4 is 17.4 Å². The second-order valence-electron chi connectivity index (χ2n) is 5.35. The number of nitrogens with zero attached hydrogens (tertiary/aromatic N) is 3. The number of rotatable bonds is 5. The predicted octanol–water partition coefficient (Wildman–Crippen LogP) is 4.55. The first-order valence-corrected chi connectivity index (χ1v) is 8.29. The lowest BCUT2D eigenvalue weighted by Crippen LogP contribution is -1.95. The zero-order valence-electron chi connectivity index (χ0n) is 13.2. The molecule has 0 unspecified atom stereocenters. The Bertz CT molecular complexity index is 875. The fourth-order valence-electron chi connectivity index (χ4n) is 2.24. The molecule has 0 aliphatic heterocycles. The summed E-state index contributed by atoms with van der Waals surface area (Å²) < 4.78 is 5.66. The van der Waals surface area contributed by atoms with Gasteiger partial charge in [0.2, 0.25) is 5.89 Å². The van der Waals surface area contributed by atoms with Crippen molar-refractivity contribution in [3.8, 4) is 11.5 Å². The summed E-state index contributed by atoms with van der Waals surface area (Å²) in [5, 5.41) is 19.5. The summed E-state index contributed by atoms with van der Waals surface area (Å²) in [5.74, 6) is 0.997. The Labute approximate surface area is 143 Å². The van der Waals surface area contributed by atoms with E-state index in [1.807, 2.05) is 37.3 Å². The Balaban J connectivity index is 1.73. The van der Waals surface area contributed by atoms with Crippen molar-refractivity contribution in [3.63, 3.8) is 0 Å². The van der Waals surface area contributed by atoms with E-state index in [1.165, 1.54) is 17.8 Å². The van der Waals surface area contributed by atoms with E-state index in [2.05, 4.69) is 10.2 Å². The van der Waals surface area contributed by atoms with Gasteiger partial charge in [0.1, 0.15) is 0 Å². The first-order chi connectivity index (χ1) is 11.5. The minimum absolute atomic E-state index is 0.124. The molecule has 0 bridgehead atoms. The molecule has 0 fully saturated rings. The van der Waals surface area contributed by atoms with E-state index in [-0.39, 0.29) is 10.6 Å². The van der Waals surface area contributed by atoms with Crippen LogP contribution in [0.4, 0.5) is 5.69 Å². The first kappa shape index (κ1) is 16.2. The van der Waals surface area contributed by atoms with Crippen LogP contribution in [0.2, 0.25) is 0 Å². The number of hydrogen-bond acceptors (Lipinski definition) is 6. The van der Waals surface area contributed by atoms with Crippen LogP contribution in [0.3, 0.4) is 0 Å². The number of nitro benzene ring substituents is 1. The lowest BCUT2D eigenvalue weighted by atomic mass is 10.1. The molecular formula is C17H15N3O3S. The van der Waals surface area contributed by atoms with Gasteiger partial charge in [0.25, 0.3) is 10.9 Å². The van der Waals surface area contributed by atoms with Crippen LogP contribution in [-0.4, -0.2) is 15.1 Å². The number of nitro groups is 1. The summed E-state index contributed by atoms with van der Waals surface area (Å²) in [6.45, 7) is 3.76. The standard InChI is InChI=1S/C17H15N3O3S/c1-11-6-8-13(9-7-11)16-18-19-17(23-16)24-10-14-4-3-5-15(12(14)2)20(21)22/h3-9H,10H2,1-2H3. The van der Waals surface area contributed by atoms with E-state index in [0.29, 0.717) is 22.4 Å². The maximum Gasteiger partial charge on any atom is 0.277 e.